The number of rotatable bonds is 9. The Kier molecular flexibility index (Phi) is 6.61. The van der Waals surface area contributed by atoms with Gasteiger partial charge in [0.1, 0.15) is 12.6 Å². The number of nitrogens with two attached hydrogens (primary N) is 1. The van der Waals surface area contributed by atoms with Crippen LogP contribution < -0.4 is 11.1 Å². The van der Waals surface area contributed by atoms with E-state index >= 15 is 0 Å². The number of halogens is 4. The number of carbonyl (C=O) groups excluding carboxylic acids is 1. The third kappa shape index (κ3) is 5.51. The van der Waals surface area contributed by atoms with Crippen molar-refractivity contribution in [3.05, 3.63) is 29.8 Å². The number of ether oxygens (including phenoxy) is 1. The highest BCUT2D eigenvalue weighted by Crippen LogP contribution is 2.23. The van der Waals surface area contributed by atoms with Gasteiger partial charge in [-0.15, -0.1) is 0 Å². The van der Waals surface area contributed by atoms with Crippen molar-refractivity contribution in [2.75, 3.05) is 11.9 Å². The van der Waals surface area contributed by atoms with Crippen molar-refractivity contribution in [2.45, 2.75) is 38.3 Å². The monoisotopic (exact) mass is 322 g/mol. The second-order valence-corrected chi connectivity index (χ2v) is 4.76. The van der Waals surface area contributed by atoms with Crippen LogP contribution in [0.4, 0.5) is 23.2 Å². The SMILES string of the molecule is CC[C@H](Nc1cccc(COCC(F)(F)C(F)F)c1)C(N)=O. The van der Waals surface area contributed by atoms with Gasteiger partial charge in [-0.05, 0) is 24.1 Å². The van der Waals surface area contributed by atoms with Crippen LogP contribution >= 0.6 is 0 Å². The van der Waals surface area contributed by atoms with Crippen LogP contribution in [0.5, 0.6) is 0 Å². The Morgan fingerprint density at radius 1 is 1.41 bits per heavy atom. The summed E-state index contributed by atoms with van der Waals surface area (Å²) in [6, 6.07) is 5.91. The molecule has 4 nitrogen and oxygen atoms in total. The molecule has 0 spiro atoms. The molecular formula is C14H18F4N2O2. The van der Waals surface area contributed by atoms with Gasteiger partial charge in [0.2, 0.25) is 5.91 Å². The Balaban J connectivity index is 2.59. The van der Waals surface area contributed by atoms with Crippen LogP contribution in [0, 0.1) is 0 Å². The van der Waals surface area contributed by atoms with Gasteiger partial charge >= 0.3 is 12.3 Å². The molecule has 0 fully saturated rings. The molecule has 1 amide bonds. The molecule has 0 heterocycles. The summed E-state index contributed by atoms with van der Waals surface area (Å²) in [7, 11) is 0. The summed E-state index contributed by atoms with van der Waals surface area (Å²) in [4.78, 5) is 11.1. The van der Waals surface area contributed by atoms with Crippen LogP contribution in [0.2, 0.25) is 0 Å². The molecule has 1 atom stereocenters. The minimum atomic E-state index is -4.17. The highest BCUT2D eigenvalue weighted by atomic mass is 19.3. The first-order valence-electron chi connectivity index (χ1n) is 6.64. The van der Waals surface area contributed by atoms with Gasteiger partial charge in [0.15, 0.2) is 0 Å². The lowest BCUT2D eigenvalue weighted by atomic mass is 10.1. The van der Waals surface area contributed by atoms with Crippen molar-refractivity contribution < 1.29 is 27.1 Å². The standard InChI is InChI=1S/C14H18F4N2O2/c1-2-11(12(19)21)20-10-5-3-4-9(6-10)7-22-8-14(17,18)13(15)16/h3-6,11,13,20H,2,7-8H2,1H3,(H2,19,21)/t11-/m0/s1. The molecule has 0 bridgehead atoms. The summed E-state index contributed by atoms with van der Waals surface area (Å²) >= 11 is 0. The molecule has 0 saturated heterocycles. The Morgan fingerprint density at radius 2 is 2.09 bits per heavy atom. The maximum Gasteiger partial charge on any atom is 0.330 e. The molecule has 0 radical (unpaired) electrons. The zero-order valence-electron chi connectivity index (χ0n) is 12.0. The van der Waals surface area contributed by atoms with E-state index in [9.17, 15) is 22.4 Å². The molecule has 0 aliphatic heterocycles. The van der Waals surface area contributed by atoms with Crippen LogP contribution in [0.15, 0.2) is 24.3 Å². The molecule has 0 aliphatic carbocycles. The van der Waals surface area contributed by atoms with E-state index in [1.807, 2.05) is 0 Å². The maximum atomic E-state index is 12.7. The van der Waals surface area contributed by atoms with Crippen molar-refractivity contribution in [1.29, 1.82) is 0 Å². The van der Waals surface area contributed by atoms with Crippen molar-refractivity contribution in [2.24, 2.45) is 5.73 Å². The van der Waals surface area contributed by atoms with Gasteiger partial charge in [-0.25, -0.2) is 8.78 Å². The fraction of sp³-hybridized carbons (Fsp3) is 0.500. The van der Waals surface area contributed by atoms with Crippen LogP contribution in [0.25, 0.3) is 0 Å². The summed E-state index contributed by atoms with van der Waals surface area (Å²) in [5, 5.41) is 2.90. The Morgan fingerprint density at radius 3 is 2.64 bits per heavy atom. The van der Waals surface area contributed by atoms with Crippen molar-refractivity contribution in [1.82, 2.24) is 0 Å². The number of hydrogen-bond donors (Lipinski definition) is 2. The summed E-state index contributed by atoms with van der Waals surface area (Å²) in [5.41, 5.74) is 6.28. The lowest BCUT2D eigenvalue weighted by Crippen LogP contribution is -2.34. The number of alkyl halides is 4. The van der Waals surface area contributed by atoms with Crippen LogP contribution in [-0.4, -0.2) is 30.9 Å². The number of hydrogen-bond acceptors (Lipinski definition) is 3. The Hall–Kier alpha value is -1.83. The molecule has 124 valence electrons. The van der Waals surface area contributed by atoms with E-state index in [0.717, 1.165) is 0 Å². The lowest BCUT2D eigenvalue weighted by Gasteiger charge is -2.17. The molecule has 0 aromatic heterocycles. The van der Waals surface area contributed by atoms with E-state index in [1.54, 1.807) is 31.2 Å². The maximum absolute atomic E-state index is 12.7. The minimum absolute atomic E-state index is 0.245. The zero-order valence-corrected chi connectivity index (χ0v) is 12.0. The third-order valence-electron chi connectivity index (χ3n) is 2.90. The van der Waals surface area contributed by atoms with E-state index in [0.29, 0.717) is 17.7 Å². The van der Waals surface area contributed by atoms with E-state index in [2.05, 4.69) is 10.1 Å². The van der Waals surface area contributed by atoms with Crippen molar-refractivity contribution >= 4 is 11.6 Å². The molecule has 1 aromatic rings. The van der Waals surface area contributed by atoms with Gasteiger partial charge < -0.3 is 15.8 Å². The van der Waals surface area contributed by atoms with Crippen LogP contribution in [-0.2, 0) is 16.1 Å². The fourth-order valence-corrected chi connectivity index (χ4v) is 1.69. The molecule has 3 N–H and O–H groups in total. The number of amides is 1. The molecule has 22 heavy (non-hydrogen) atoms. The third-order valence-corrected chi connectivity index (χ3v) is 2.90. The molecule has 1 rings (SSSR count). The molecule has 1 aromatic carbocycles. The van der Waals surface area contributed by atoms with Crippen molar-refractivity contribution in [3.63, 3.8) is 0 Å². The molecule has 0 unspecified atom stereocenters. The van der Waals surface area contributed by atoms with E-state index < -0.39 is 30.9 Å². The molecule has 0 saturated carbocycles. The Bertz CT molecular complexity index is 497. The first-order valence-corrected chi connectivity index (χ1v) is 6.64. The summed E-state index contributed by atoms with van der Waals surface area (Å²) in [5.74, 6) is -4.68. The lowest BCUT2D eigenvalue weighted by molar-refractivity contribution is -0.168. The Labute approximate surface area is 125 Å². The van der Waals surface area contributed by atoms with E-state index in [4.69, 9.17) is 5.73 Å². The van der Waals surface area contributed by atoms with Crippen molar-refractivity contribution in [3.8, 4) is 0 Å². The van der Waals surface area contributed by atoms with Gasteiger partial charge in [-0.2, -0.15) is 8.78 Å². The summed E-state index contributed by atoms with van der Waals surface area (Å²) in [6.45, 7) is 0.175. The highest BCUT2D eigenvalue weighted by Gasteiger charge is 2.40. The quantitative estimate of drug-likeness (QED) is 0.687. The smallest absolute Gasteiger partial charge is 0.330 e. The topological polar surface area (TPSA) is 64.3 Å². The number of carbonyl (C=O) groups is 1. The van der Waals surface area contributed by atoms with Gasteiger partial charge in [0.25, 0.3) is 0 Å². The predicted molar refractivity (Wildman–Crippen MR) is 73.9 cm³/mol. The first-order chi connectivity index (χ1) is 10.3. The average molecular weight is 322 g/mol. The molecular weight excluding hydrogens is 304 g/mol. The number of anilines is 1. The van der Waals surface area contributed by atoms with Gasteiger partial charge in [0.05, 0.1) is 6.61 Å². The first kappa shape index (κ1) is 18.2. The molecule has 0 aliphatic rings. The normalized spacial score (nSPS) is 13.2. The number of benzene rings is 1. The fourth-order valence-electron chi connectivity index (χ4n) is 1.69. The van der Waals surface area contributed by atoms with Crippen LogP contribution in [0.1, 0.15) is 18.9 Å². The summed E-state index contributed by atoms with van der Waals surface area (Å²) in [6.07, 6.45) is -3.28. The van der Waals surface area contributed by atoms with Gasteiger partial charge in [-0.3, -0.25) is 4.79 Å². The van der Waals surface area contributed by atoms with E-state index in [1.165, 1.54) is 0 Å². The second kappa shape index (κ2) is 7.98. The van der Waals surface area contributed by atoms with Gasteiger partial charge in [0, 0.05) is 5.69 Å². The highest BCUT2D eigenvalue weighted by molar-refractivity contribution is 5.82. The molecule has 8 heteroatoms. The van der Waals surface area contributed by atoms with Crippen LogP contribution in [0.3, 0.4) is 0 Å². The number of primary amides is 1. The van der Waals surface area contributed by atoms with E-state index in [-0.39, 0.29) is 6.61 Å². The largest absolute Gasteiger partial charge is 0.374 e. The number of nitrogens with one attached hydrogen (secondary N) is 1. The average Bonchev–Trinajstić information content (AvgIpc) is 2.44. The minimum Gasteiger partial charge on any atom is -0.374 e. The second-order valence-electron chi connectivity index (χ2n) is 4.76. The summed E-state index contributed by atoms with van der Waals surface area (Å²) < 4.78 is 54.0. The van der Waals surface area contributed by atoms with Gasteiger partial charge in [-0.1, -0.05) is 19.1 Å². The zero-order chi connectivity index (χ0) is 16.8. The predicted octanol–water partition coefficient (Wildman–Crippen LogP) is 2.78.